The Morgan fingerprint density at radius 3 is 2.54 bits per heavy atom. The molecule has 18 heteroatoms. The van der Waals surface area contributed by atoms with Crippen LogP contribution >= 0.6 is 15.4 Å². The molecule has 0 spiro atoms. The average molecular weight is 563 g/mol. The van der Waals surface area contributed by atoms with E-state index in [1.807, 2.05) is 4.98 Å². The van der Waals surface area contributed by atoms with E-state index in [-0.39, 0.29) is 16.8 Å². The lowest BCUT2D eigenvalue weighted by molar-refractivity contribution is -0.234. The summed E-state index contributed by atoms with van der Waals surface area (Å²) in [5, 5.41) is 32.2. The van der Waals surface area contributed by atoms with E-state index in [0.717, 1.165) is 23.8 Å². The zero-order valence-corrected chi connectivity index (χ0v) is 20.9. The van der Waals surface area contributed by atoms with Gasteiger partial charge < -0.3 is 44.2 Å². The fourth-order valence-electron chi connectivity index (χ4n) is 3.56. The van der Waals surface area contributed by atoms with E-state index in [4.69, 9.17) is 4.74 Å². The van der Waals surface area contributed by atoms with Crippen molar-refractivity contribution < 1.29 is 52.6 Å². The normalized spacial score (nSPS) is 24.8. The molecule has 0 bridgehead atoms. The number of ether oxygens (including phenoxy) is 1. The molecule has 1 amide bonds. The number of phosphoric ester groups is 1. The Morgan fingerprint density at radius 2 is 1.92 bits per heavy atom. The zero-order valence-electron chi connectivity index (χ0n) is 19.1. The quantitative estimate of drug-likeness (QED) is 0.194. The molecule has 6 atom stereocenters. The molecule has 3 rings (SSSR count). The number of aromatic nitrogens is 2. The number of nitrogens with one attached hydrogen (secondary N) is 2. The van der Waals surface area contributed by atoms with Gasteiger partial charge in [0.2, 0.25) is 5.91 Å². The van der Waals surface area contributed by atoms with Crippen LogP contribution in [-0.2, 0) is 40.3 Å². The molecule has 0 saturated carbocycles. The molecular formula is C19H23N3O13P2-2. The van der Waals surface area contributed by atoms with Gasteiger partial charge in [-0.15, -0.1) is 0 Å². The number of amides is 1. The second-order valence-electron chi connectivity index (χ2n) is 7.94. The molecule has 1 aliphatic heterocycles. The number of benzene rings is 1. The lowest BCUT2D eigenvalue weighted by Crippen LogP contribution is -2.37. The number of rotatable bonds is 10. The number of H-pyrrole nitrogens is 1. The Bertz CT molecular complexity index is 1360. The van der Waals surface area contributed by atoms with Crippen molar-refractivity contribution in [1.29, 1.82) is 0 Å². The molecule has 204 valence electrons. The number of carbonyl (C=O) groups is 1. The van der Waals surface area contributed by atoms with Crippen molar-refractivity contribution in [3.63, 3.8) is 0 Å². The van der Waals surface area contributed by atoms with Crippen LogP contribution in [-0.4, -0.2) is 55.7 Å². The van der Waals surface area contributed by atoms with E-state index < -0.39 is 76.5 Å². The fourth-order valence-corrected chi connectivity index (χ4v) is 6.29. The molecule has 5 N–H and O–H groups in total. The lowest BCUT2D eigenvalue weighted by Gasteiger charge is -2.32. The minimum atomic E-state index is -5.59. The number of phosphoric acid groups is 1. The maximum atomic E-state index is 12.5. The Balaban J connectivity index is 1.69. The summed E-state index contributed by atoms with van der Waals surface area (Å²) in [7, 11) is -10.8. The Labute approximate surface area is 208 Å². The summed E-state index contributed by atoms with van der Waals surface area (Å²) in [4.78, 5) is 61.2. The van der Waals surface area contributed by atoms with Gasteiger partial charge in [-0.2, -0.15) is 0 Å². The van der Waals surface area contributed by atoms with Crippen molar-refractivity contribution in [2.24, 2.45) is 0 Å². The third kappa shape index (κ3) is 7.30. The van der Waals surface area contributed by atoms with Crippen LogP contribution in [0.5, 0.6) is 0 Å². The summed E-state index contributed by atoms with van der Waals surface area (Å²) in [6.45, 7) is -0.456. The highest BCUT2D eigenvalue weighted by Crippen LogP contribution is 2.57. The molecule has 2 aromatic rings. The number of aliphatic hydroxyl groups excluding tert-OH is 3. The molecule has 3 unspecified atom stereocenters. The average Bonchev–Trinajstić information content (AvgIpc) is 3.06. The van der Waals surface area contributed by atoms with Crippen LogP contribution in [0.15, 0.2) is 40.1 Å². The van der Waals surface area contributed by atoms with Gasteiger partial charge in [0.25, 0.3) is 13.4 Å². The van der Waals surface area contributed by atoms with Crippen LogP contribution in [0.25, 0.3) is 0 Å². The minimum absolute atomic E-state index is 0.0142. The van der Waals surface area contributed by atoms with Gasteiger partial charge in [0.15, 0.2) is 6.23 Å². The molecule has 1 saturated heterocycles. The van der Waals surface area contributed by atoms with E-state index in [1.165, 1.54) is 18.2 Å². The number of carbonyl (C=O) groups excluding carboxylic acids is 1. The predicted octanol–water partition coefficient (Wildman–Crippen LogP) is -2.14. The minimum Gasteiger partial charge on any atom is -0.778 e. The molecule has 0 radical (unpaired) electrons. The van der Waals surface area contributed by atoms with Crippen molar-refractivity contribution in [3.05, 3.63) is 62.4 Å². The van der Waals surface area contributed by atoms with E-state index >= 15 is 0 Å². The third-order valence-electron chi connectivity index (χ3n) is 5.19. The van der Waals surface area contributed by atoms with E-state index in [9.17, 15) is 48.6 Å². The second kappa shape index (κ2) is 11.5. The highest BCUT2D eigenvalue weighted by molar-refractivity contribution is 7.62. The molecule has 1 fully saturated rings. The largest absolute Gasteiger partial charge is 0.778 e. The van der Waals surface area contributed by atoms with Gasteiger partial charge in [0, 0.05) is 31.0 Å². The van der Waals surface area contributed by atoms with E-state index in [0.29, 0.717) is 0 Å². The summed E-state index contributed by atoms with van der Waals surface area (Å²) >= 11 is 0. The molecule has 1 aliphatic rings. The highest BCUT2D eigenvalue weighted by Gasteiger charge is 2.44. The van der Waals surface area contributed by atoms with E-state index in [1.54, 1.807) is 0 Å². The predicted molar refractivity (Wildman–Crippen MR) is 120 cm³/mol. The first-order valence-electron chi connectivity index (χ1n) is 10.5. The Morgan fingerprint density at radius 1 is 1.22 bits per heavy atom. The van der Waals surface area contributed by atoms with Gasteiger partial charge in [-0.1, -0.05) is 12.1 Å². The molecule has 16 nitrogen and oxygen atoms in total. The second-order valence-corrected chi connectivity index (χ2v) is 11.3. The SMILES string of the molecule is CC(=O)Nc1cccc(CO)c1CP(=O)([O-])OP(=O)([O-])OC[C@H]1O[C@@H](n2ccc(=O)[nH]c2=O)[C@@H](O)C1O. The van der Waals surface area contributed by atoms with Crippen molar-refractivity contribution in [2.75, 3.05) is 11.9 Å². The van der Waals surface area contributed by atoms with Gasteiger partial charge in [0.05, 0.1) is 13.2 Å². The highest BCUT2D eigenvalue weighted by atomic mass is 31.3. The molecular weight excluding hydrogens is 540 g/mol. The number of nitrogens with zero attached hydrogens (tertiary/aromatic N) is 1. The molecule has 2 heterocycles. The van der Waals surface area contributed by atoms with Crippen molar-refractivity contribution in [1.82, 2.24) is 9.55 Å². The summed E-state index contributed by atoms with van der Waals surface area (Å²) in [6, 6.07) is 5.10. The summed E-state index contributed by atoms with van der Waals surface area (Å²) < 4.78 is 39.6. The van der Waals surface area contributed by atoms with Crippen molar-refractivity contribution in [2.45, 2.75) is 44.2 Å². The van der Waals surface area contributed by atoms with Crippen molar-refractivity contribution >= 4 is 27.0 Å². The summed E-state index contributed by atoms with van der Waals surface area (Å²) in [5.41, 5.74) is -1.71. The van der Waals surface area contributed by atoms with Gasteiger partial charge >= 0.3 is 5.69 Å². The van der Waals surface area contributed by atoms with Crippen LogP contribution in [0, 0.1) is 0 Å². The van der Waals surface area contributed by atoms with Crippen LogP contribution in [0.3, 0.4) is 0 Å². The van der Waals surface area contributed by atoms with Crippen molar-refractivity contribution in [3.8, 4) is 0 Å². The smallest absolute Gasteiger partial charge is 0.330 e. The zero-order chi connectivity index (χ0) is 27.5. The molecule has 0 aliphatic carbocycles. The number of hydrogen-bond acceptors (Lipinski definition) is 13. The van der Waals surface area contributed by atoms with Crippen LogP contribution < -0.4 is 26.4 Å². The molecule has 37 heavy (non-hydrogen) atoms. The Kier molecular flexibility index (Phi) is 9.03. The van der Waals surface area contributed by atoms with Gasteiger partial charge in [0.1, 0.15) is 25.9 Å². The first kappa shape index (κ1) is 29.1. The van der Waals surface area contributed by atoms with Crippen LogP contribution in [0.4, 0.5) is 5.69 Å². The maximum absolute atomic E-state index is 12.5. The summed E-state index contributed by atoms with van der Waals surface area (Å²) in [6.07, 6.45) is -6.62. The van der Waals surface area contributed by atoms with Crippen LogP contribution in [0.2, 0.25) is 0 Å². The monoisotopic (exact) mass is 563 g/mol. The maximum Gasteiger partial charge on any atom is 0.330 e. The lowest BCUT2D eigenvalue weighted by atomic mass is 10.1. The van der Waals surface area contributed by atoms with Gasteiger partial charge in [-0.3, -0.25) is 28.0 Å². The van der Waals surface area contributed by atoms with E-state index in [2.05, 4.69) is 14.2 Å². The topological polar surface area (TPSA) is 253 Å². The van der Waals surface area contributed by atoms with Crippen LogP contribution in [0.1, 0.15) is 24.3 Å². The summed E-state index contributed by atoms with van der Waals surface area (Å²) in [5.74, 6) is -0.546. The first-order valence-corrected chi connectivity index (χ1v) is 13.7. The third-order valence-corrected chi connectivity index (χ3v) is 8.15. The van der Waals surface area contributed by atoms with Gasteiger partial charge in [-0.25, -0.2) is 4.79 Å². The molecule has 1 aromatic carbocycles. The van der Waals surface area contributed by atoms with Gasteiger partial charge in [-0.05, 0) is 17.2 Å². The number of aliphatic hydroxyl groups is 3. The number of aromatic amines is 1. The standard InChI is InChI=1S/C19H25N3O13P2/c1-10(24)20-13-4-2-3-11(7-23)12(13)9-36(29,30)35-37(31,32)33-8-14-16(26)17(27)18(34-14)22-6-5-15(25)21-19(22)28/h2-6,14,16-18,23,26-27H,7-9H2,1H3,(H,20,24)(H,29,30)(H,31,32)(H,21,25,28)/p-2/t14-,16?,17+,18-/m1/s1. The Hall–Kier alpha value is -2.49. The number of hydrogen-bond donors (Lipinski definition) is 5. The number of anilines is 1. The molecule has 1 aromatic heterocycles. The first-order chi connectivity index (χ1) is 17.2. The fraction of sp³-hybridized carbons (Fsp3) is 0.421.